The van der Waals surface area contributed by atoms with Gasteiger partial charge in [0.2, 0.25) is 0 Å². The largest absolute Gasteiger partial charge is 0.497 e. The summed E-state index contributed by atoms with van der Waals surface area (Å²) in [6.45, 7) is 6.66. The smallest absolute Gasteiger partial charge is 0.253 e. The second kappa shape index (κ2) is 9.95. The van der Waals surface area contributed by atoms with E-state index in [1.54, 1.807) is 25.7 Å². The number of aromatic nitrogens is 4. The van der Waals surface area contributed by atoms with Crippen molar-refractivity contribution in [3.8, 4) is 27.8 Å². The van der Waals surface area contributed by atoms with Gasteiger partial charge < -0.3 is 14.6 Å². The summed E-state index contributed by atoms with van der Waals surface area (Å²) >= 11 is 1.51. The molecule has 3 aromatic heterocycles. The van der Waals surface area contributed by atoms with Crippen molar-refractivity contribution in [2.75, 3.05) is 7.11 Å². The summed E-state index contributed by atoms with van der Waals surface area (Å²) in [5.74, 6) is 0.742. The van der Waals surface area contributed by atoms with Gasteiger partial charge in [0.05, 0.1) is 30.3 Å². The van der Waals surface area contributed by atoms with Crippen molar-refractivity contribution in [2.24, 2.45) is 0 Å². The number of amides is 1. The van der Waals surface area contributed by atoms with Crippen LogP contribution in [0.25, 0.3) is 22.1 Å². The van der Waals surface area contributed by atoms with E-state index < -0.39 is 0 Å². The van der Waals surface area contributed by atoms with Gasteiger partial charge in [0.25, 0.3) is 5.91 Å². The number of methoxy groups -OCH3 is 1. The highest BCUT2D eigenvalue weighted by molar-refractivity contribution is 7.13. The first-order chi connectivity index (χ1) is 16.0. The van der Waals surface area contributed by atoms with E-state index in [9.17, 15) is 4.79 Å². The fourth-order valence-corrected chi connectivity index (χ4v) is 4.30. The molecule has 0 aliphatic carbocycles. The number of benzene rings is 1. The van der Waals surface area contributed by atoms with Crippen LogP contribution < -0.4 is 10.1 Å². The number of hydrogen-bond donors (Lipinski definition) is 1. The summed E-state index contributed by atoms with van der Waals surface area (Å²) in [5.41, 5.74) is 5.09. The van der Waals surface area contributed by atoms with Crippen molar-refractivity contribution in [1.29, 1.82) is 0 Å². The first-order valence-corrected chi connectivity index (χ1v) is 11.7. The highest BCUT2D eigenvalue weighted by atomic mass is 32.1. The molecule has 33 heavy (non-hydrogen) atoms. The molecule has 4 aromatic rings. The monoisotopic (exact) mass is 461 g/mol. The van der Waals surface area contributed by atoms with Crippen molar-refractivity contribution in [2.45, 2.75) is 39.8 Å². The van der Waals surface area contributed by atoms with Crippen LogP contribution >= 0.6 is 11.3 Å². The average Bonchev–Trinajstić information content (AvgIpc) is 3.45. The summed E-state index contributed by atoms with van der Waals surface area (Å²) in [6.07, 6.45) is 5.88. The predicted octanol–water partition coefficient (Wildman–Crippen LogP) is 4.96. The topological polar surface area (TPSA) is 81.9 Å². The number of nitrogens with zero attached hydrogens (tertiary/aromatic N) is 4. The zero-order valence-corrected chi connectivity index (χ0v) is 20.0. The van der Waals surface area contributed by atoms with Gasteiger partial charge in [-0.3, -0.25) is 14.8 Å². The number of ether oxygens (including phenoxy) is 1. The Kier molecular flexibility index (Phi) is 6.84. The van der Waals surface area contributed by atoms with Gasteiger partial charge in [0.1, 0.15) is 16.5 Å². The van der Waals surface area contributed by atoms with Crippen molar-refractivity contribution in [3.63, 3.8) is 0 Å². The minimum atomic E-state index is -0.0686. The van der Waals surface area contributed by atoms with E-state index >= 15 is 0 Å². The van der Waals surface area contributed by atoms with Gasteiger partial charge >= 0.3 is 0 Å². The highest BCUT2D eigenvalue weighted by Gasteiger charge is 2.21. The van der Waals surface area contributed by atoms with Crippen LogP contribution in [0, 0.1) is 6.92 Å². The SMILES string of the molecule is CCC(C)NC(=O)c1cc(-c2csc(-c3cnccn3)n2)n(Cc2ccc(OC)cc2)c1C. The van der Waals surface area contributed by atoms with Gasteiger partial charge in [-0.05, 0) is 44.0 Å². The molecule has 1 atom stereocenters. The second-order valence-electron chi connectivity index (χ2n) is 7.87. The van der Waals surface area contributed by atoms with Crippen LogP contribution in [0.3, 0.4) is 0 Å². The van der Waals surface area contributed by atoms with Gasteiger partial charge in [-0.15, -0.1) is 11.3 Å². The maximum atomic E-state index is 13.0. The molecule has 7 nitrogen and oxygen atoms in total. The standard InChI is InChI=1S/C25H27N5O2S/c1-5-16(2)28-24(31)20-12-23(22-15-33-25(29-22)21-13-26-10-11-27-21)30(17(20)3)14-18-6-8-19(32-4)9-7-18/h6-13,15-16H,5,14H2,1-4H3,(H,28,31). The Hall–Kier alpha value is -3.52. The summed E-state index contributed by atoms with van der Waals surface area (Å²) < 4.78 is 7.43. The lowest BCUT2D eigenvalue weighted by Crippen LogP contribution is -2.32. The lowest BCUT2D eigenvalue weighted by Gasteiger charge is -2.13. The molecule has 0 saturated carbocycles. The van der Waals surface area contributed by atoms with E-state index in [0.717, 1.165) is 45.5 Å². The van der Waals surface area contributed by atoms with E-state index in [2.05, 4.69) is 26.8 Å². The molecule has 1 aromatic carbocycles. The Morgan fingerprint density at radius 2 is 2.00 bits per heavy atom. The van der Waals surface area contributed by atoms with Crippen molar-refractivity contribution in [3.05, 3.63) is 71.1 Å². The van der Waals surface area contributed by atoms with Crippen LogP contribution in [0.4, 0.5) is 0 Å². The third-order valence-corrected chi connectivity index (χ3v) is 6.51. The average molecular weight is 462 g/mol. The maximum Gasteiger partial charge on any atom is 0.253 e. The Balaban J connectivity index is 1.74. The Labute approximate surface area is 197 Å². The van der Waals surface area contributed by atoms with Crippen molar-refractivity contribution >= 4 is 17.2 Å². The minimum Gasteiger partial charge on any atom is -0.497 e. The molecule has 4 rings (SSSR count). The molecule has 0 saturated heterocycles. The zero-order valence-electron chi connectivity index (χ0n) is 19.2. The molecule has 1 unspecified atom stereocenters. The normalized spacial score (nSPS) is 11.9. The van der Waals surface area contributed by atoms with Gasteiger partial charge in [0, 0.05) is 36.1 Å². The number of carbonyl (C=O) groups excluding carboxylic acids is 1. The van der Waals surface area contributed by atoms with Gasteiger partial charge in [0.15, 0.2) is 0 Å². The molecule has 3 heterocycles. The molecule has 0 spiro atoms. The van der Waals surface area contributed by atoms with E-state index in [-0.39, 0.29) is 11.9 Å². The number of nitrogens with one attached hydrogen (secondary N) is 1. The lowest BCUT2D eigenvalue weighted by molar-refractivity contribution is 0.0938. The number of rotatable bonds is 8. The Bertz CT molecular complexity index is 1230. The second-order valence-corrected chi connectivity index (χ2v) is 8.73. The van der Waals surface area contributed by atoms with Gasteiger partial charge in [-0.2, -0.15) is 0 Å². The van der Waals surface area contributed by atoms with Crippen LogP contribution in [0.5, 0.6) is 5.75 Å². The van der Waals surface area contributed by atoms with Crippen LogP contribution in [0.15, 0.2) is 54.3 Å². The van der Waals surface area contributed by atoms with E-state index in [4.69, 9.17) is 9.72 Å². The Morgan fingerprint density at radius 1 is 1.21 bits per heavy atom. The molecule has 0 radical (unpaired) electrons. The molecule has 1 N–H and O–H groups in total. The zero-order chi connectivity index (χ0) is 23.4. The number of thiazole rings is 1. The first-order valence-electron chi connectivity index (χ1n) is 10.9. The molecule has 0 bridgehead atoms. The summed E-state index contributed by atoms with van der Waals surface area (Å²) in [6, 6.07) is 10.00. The lowest BCUT2D eigenvalue weighted by atomic mass is 10.2. The van der Waals surface area contributed by atoms with Crippen molar-refractivity contribution < 1.29 is 9.53 Å². The molecular formula is C25H27N5O2S. The van der Waals surface area contributed by atoms with Gasteiger partial charge in [-0.25, -0.2) is 4.98 Å². The predicted molar refractivity (Wildman–Crippen MR) is 131 cm³/mol. The minimum absolute atomic E-state index is 0.0686. The van der Waals surface area contributed by atoms with Crippen LogP contribution in [0.1, 0.15) is 41.9 Å². The van der Waals surface area contributed by atoms with E-state index in [1.165, 1.54) is 11.3 Å². The molecule has 1 amide bonds. The quantitative estimate of drug-likeness (QED) is 0.401. The van der Waals surface area contributed by atoms with Crippen LogP contribution in [0.2, 0.25) is 0 Å². The molecule has 170 valence electrons. The number of carbonyl (C=O) groups is 1. The molecule has 0 aliphatic rings. The molecule has 8 heteroatoms. The Morgan fingerprint density at radius 3 is 2.67 bits per heavy atom. The maximum absolute atomic E-state index is 13.0. The van der Waals surface area contributed by atoms with E-state index in [0.29, 0.717) is 12.1 Å². The third-order valence-electron chi connectivity index (χ3n) is 5.65. The third kappa shape index (κ3) is 4.96. The summed E-state index contributed by atoms with van der Waals surface area (Å²) in [7, 11) is 1.66. The van der Waals surface area contributed by atoms with Crippen molar-refractivity contribution in [1.82, 2.24) is 24.8 Å². The molecule has 0 fully saturated rings. The van der Waals surface area contributed by atoms with E-state index in [1.807, 2.05) is 49.6 Å². The van der Waals surface area contributed by atoms with Crippen LogP contribution in [-0.2, 0) is 6.54 Å². The summed E-state index contributed by atoms with van der Waals surface area (Å²) in [4.78, 5) is 26.3. The first kappa shape index (κ1) is 22.7. The molecule has 0 aliphatic heterocycles. The fraction of sp³-hybridized carbons (Fsp3) is 0.280. The molecular weight excluding hydrogens is 434 g/mol. The van der Waals surface area contributed by atoms with Crippen LogP contribution in [-0.4, -0.2) is 38.6 Å². The highest BCUT2D eigenvalue weighted by Crippen LogP contribution is 2.31. The fourth-order valence-electron chi connectivity index (χ4n) is 3.53. The van der Waals surface area contributed by atoms with Gasteiger partial charge in [-0.1, -0.05) is 19.1 Å². The number of hydrogen-bond acceptors (Lipinski definition) is 6. The summed E-state index contributed by atoms with van der Waals surface area (Å²) in [5, 5.41) is 5.87.